The highest BCUT2D eigenvalue weighted by molar-refractivity contribution is 6.19. The molecule has 0 aliphatic heterocycles. The molecular formula is C20H16F2N2O2. The van der Waals surface area contributed by atoms with E-state index < -0.39 is 0 Å². The van der Waals surface area contributed by atoms with Crippen molar-refractivity contribution in [3.05, 3.63) is 94.8 Å². The molecule has 6 heteroatoms. The van der Waals surface area contributed by atoms with Gasteiger partial charge in [-0.1, -0.05) is 24.3 Å². The fourth-order valence-electron chi connectivity index (χ4n) is 2.44. The van der Waals surface area contributed by atoms with Crippen molar-refractivity contribution in [3.8, 4) is 0 Å². The van der Waals surface area contributed by atoms with E-state index in [1.165, 1.54) is 36.4 Å². The normalized spacial score (nSPS) is 13.9. The van der Waals surface area contributed by atoms with Crippen LogP contribution >= 0.6 is 0 Å². The summed E-state index contributed by atoms with van der Waals surface area (Å²) in [5.41, 5.74) is 1.95. The minimum absolute atomic E-state index is 0.187. The van der Waals surface area contributed by atoms with Gasteiger partial charge in [0.25, 0.3) is 0 Å². The molecule has 0 saturated carbocycles. The second-order valence-corrected chi connectivity index (χ2v) is 5.80. The Morgan fingerprint density at radius 3 is 1.31 bits per heavy atom. The number of carbonyl (C=O) groups excluding carboxylic acids is 2. The summed E-state index contributed by atoms with van der Waals surface area (Å²) in [6, 6.07) is 11.7. The Labute approximate surface area is 149 Å². The molecule has 4 nitrogen and oxygen atoms in total. The van der Waals surface area contributed by atoms with Gasteiger partial charge in [-0.25, -0.2) is 8.78 Å². The van der Waals surface area contributed by atoms with Crippen LogP contribution in [0.2, 0.25) is 0 Å². The van der Waals surface area contributed by atoms with Gasteiger partial charge in [-0.15, -0.1) is 0 Å². The van der Waals surface area contributed by atoms with Crippen LogP contribution < -0.4 is 10.6 Å². The zero-order chi connectivity index (χ0) is 18.5. The molecule has 2 aromatic rings. The Hall–Kier alpha value is -3.28. The molecule has 26 heavy (non-hydrogen) atoms. The van der Waals surface area contributed by atoms with E-state index in [-0.39, 0.29) is 34.6 Å². The van der Waals surface area contributed by atoms with Gasteiger partial charge in [-0.2, -0.15) is 0 Å². The van der Waals surface area contributed by atoms with Gasteiger partial charge in [0, 0.05) is 25.2 Å². The van der Waals surface area contributed by atoms with Crippen LogP contribution in [0.5, 0.6) is 0 Å². The van der Waals surface area contributed by atoms with Crippen LogP contribution in [0.1, 0.15) is 11.1 Å². The number of hydrogen-bond donors (Lipinski definition) is 2. The van der Waals surface area contributed by atoms with E-state index >= 15 is 0 Å². The Morgan fingerprint density at radius 2 is 0.962 bits per heavy atom. The molecule has 0 atom stereocenters. The molecule has 0 heterocycles. The number of halogens is 2. The summed E-state index contributed by atoms with van der Waals surface area (Å²) in [6.45, 7) is 0.606. The van der Waals surface area contributed by atoms with Gasteiger partial charge in [0.1, 0.15) is 11.6 Å². The molecule has 0 fully saturated rings. The zero-order valence-corrected chi connectivity index (χ0v) is 13.8. The van der Waals surface area contributed by atoms with Crippen molar-refractivity contribution in [2.45, 2.75) is 13.1 Å². The third kappa shape index (κ3) is 4.42. The molecule has 0 radical (unpaired) electrons. The predicted molar refractivity (Wildman–Crippen MR) is 92.7 cm³/mol. The Bertz CT molecular complexity index is 810. The maximum Gasteiger partial charge on any atom is 0.203 e. The lowest BCUT2D eigenvalue weighted by atomic mass is 10.1. The number of hydrogen-bond acceptors (Lipinski definition) is 4. The van der Waals surface area contributed by atoms with Crippen LogP contribution in [-0.2, 0) is 22.7 Å². The first-order chi connectivity index (χ1) is 12.5. The van der Waals surface area contributed by atoms with Crippen LogP contribution in [0, 0.1) is 11.6 Å². The summed E-state index contributed by atoms with van der Waals surface area (Å²) in [4.78, 5) is 24.3. The second kappa shape index (κ2) is 7.74. The molecule has 0 saturated heterocycles. The van der Waals surface area contributed by atoms with Crippen molar-refractivity contribution < 1.29 is 18.4 Å². The lowest BCUT2D eigenvalue weighted by Gasteiger charge is -2.15. The highest BCUT2D eigenvalue weighted by Gasteiger charge is 2.20. The molecule has 0 spiro atoms. The minimum Gasteiger partial charge on any atom is -0.378 e. The van der Waals surface area contributed by atoms with Gasteiger partial charge in [-0.05, 0) is 35.4 Å². The van der Waals surface area contributed by atoms with E-state index in [0.29, 0.717) is 13.1 Å². The highest BCUT2D eigenvalue weighted by atomic mass is 19.1. The molecule has 132 valence electrons. The van der Waals surface area contributed by atoms with Crippen LogP contribution in [0.4, 0.5) is 8.78 Å². The van der Waals surface area contributed by atoms with Crippen molar-refractivity contribution >= 4 is 11.6 Å². The molecule has 2 aromatic carbocycles. The highest BCUT2D eigenvalue weighted by Crippen LogP contribution is 2.11. The Kier molecular flexibility index (Phi) is 5.22. The number of ketones is 2. The maximum absolute atomic E-state index is 12.9. The van der Waals surface area contributed by atoms with Crippen molar-refractivity contribution in [1.29, 1.82) is 0 Å². The number of allylic oxidation sites excluding steroid dienone is 2. The quantitative estimate of drug-likeness (QED) is 0.784. The summed E-state index contributed by atoms with van der Waals surface area (Å²) < 4.78 is 25.8. The van der Waals surface area contributed by atoms with Crippen LogP contribution in [0.15, 0.2) is 72.1 Å². The average molecular weight is 354 g/mol. The number of benzene rings is 2. The molecule has 0 amide bonds. The Morgan fingerprint density at radius 1 is 0.615 bits per heavy atom. The topological polar surface area (TPSA) is 58.2 Å². The molecule has 1 aliphatic carbocycles. The Balaban J connectivity index is 1.58. The van der Waals surface area contributed by atoms with Crippen molar-refractivity contribution in [1.82, 2.24) is 10.6 Å². The van der Waals surface area contributed by atoms with Gasteiger partial charge in [-0.3, -0.25) is 9.59 Å². The predicted octanol–water partition coefficient (Wildman–Crippen LogP) is 2.76. The van der Waals surface area contributed by atoms with E-state index in [1.807, 2.05) is 0 Å². The zero-order valence-electron chi connectivity index (χ0n) is 13.8. The van der Waals surface area contributed by atoms with Crippen molar-refractivity contribution in [2.75, 3.05) is 0 Å². The lowest BCUT2D eigenvalue weighted by Crippen LogP contribution is -2.29. The van der Waals surface area contributed by atoms with Crippen molar-refractivity contribution in [3.63, 3.8) is 0 Å². The molecule has 3 rings (SSSR count). The van der Waals surface area contributed by atoms with Crippen molar-refractivity contribution in [2.24, 2.45) is 0 Å². The summed E-state index contributed by atoms with van der Waals surface area (Å²) in [6.07, 6.45) is 2.47. The van der Waals surface area contributed by atoms with E-state index in [0.717, 1.165) is 11.1 Å². The molecule has 0 bridgehead atoms. The fourth-order valence-corrected chi connectivity index (χ4v) is 2.44. The standard InChI is InChI=1S/C20H16F2N2O2/c21-15-5-1-13(2-6-15)11-23-17-9-20(26)18(10-19(17)25)24-12-14-3-7-16(22)8-4-14/h1-10,23-24H,11-12H2. The number of rotatable bonds is 6. The van der Waals surface area contributed by atoms with Gasteiger partial charge < -0.3 is 10.6 Å². The maximum atomic E-state index is 12.9. The molecular weight excluding hydrogens is 338 g/mol. The second-order valence-electron chi connectivity index (χ2n) is 5.80. The van der Waals surface area contributed by atoms with E-state index in [9.17, 15) is 18.4 Å². The third-order valence-electron chi connectivity index (χ3n) is 3.87. The minimum atomic E-state index is -0.336. The first-order valence-electron chi connectivity index (χ1n) is 8.00. The van der Waals surface area contributed by atoms with Gasteiger partial charge in [0.05, 0.1) is 11.4 Å². The molecule has 1 aliphatic rings. The molecule has 2 N–H and O–H groups in total. The first-order valence-corrected chi connectivity index (χ1v) is 8.00. The fraction of sp³-hybridized carbons (Fsp3) is 0.100. The number of nitrogens with one attached hydrogen (secondary N) is 2. The first kappa shape index (κ1) is 17.5. The third-order valence-corrected chi connectivity index (χ3v) is 3.87. The van der Waals surface area contributed by atoms with E-state index in [2.05, 4.69) is 10.6 Å². The molecule has 0 unspecified atom stereocenters. The van der Waals surface area contributed by atoms with Crippen LogP contribution in [-0.4, -0.2) is 11.6 Å². The number of carbonyl (C=O) groups is 2. The van der Waals surface area contributed by atoms with Crippen LogP contribution in [0.3, 0.4) is 0 Å². The summed E-state index contributed by atoms with van der Waals surface area (Å²) in [7, 11) is 0. The average Bonchev–Trinajstić information content (AvgIpc) is 2.63. The summed E-state index contributed by atoms with van der Waals surface area (Å²) >= 11 is 0. The summed E-state index contributed by atoms with van der Waals surface area (Å²) in [5.74, 6) is -1.32. The lowest BCUT2D eigenvalue weighted by molar-refractivity contribution is -0.115. The SMILES string of the molecule is O=C1C=C(NCc2ccc(F)cc2)C(=O)C=C1NCc1ccc(F)cc1. The summed E-state index contributed by atoms with van der Waals surface area (Å²) in [5, 5.41) is 5.78. The van der Waals surface area contributed by atoms with E-state index in [1.54, 1.807) is 24.3 Å². The van der Waals surface area contributed by atoms with E-state index in [4.69, 9.17) is 0 Å². The van der Waals surface area contributed by atoms with Gasteiger partial charge >= 0.3 is 0 Å². The monoisotopic (exact) mass is 354 g/mol. The van der Waals surface area contributed by atoms with Crippen LogP contribution in [0.25, 0.3) is 0 Å². The van der Waals surface area contributed by atoms with Gasteiger partial charge in [0.15, 0.2) is 0 Å². The van der Waals surface area contributed by atoms with Gasteiger partial charge in [0.2, 0.25) is 11.6 Å². The largest absolute Gasteiger partial charge is 0.378 e. The molecule has 0 aromatic heterocycles. The smallest absolute Gasteiger partial charge is 0.203 e.